The summed E-state index contributed by atoms with van der Waals surface area (Å²) < 4.78 is 0. The third-order valence-corrected chi connectivity index (χ3v) is 3.87. The molecule has 0 fully saturated rings. The molecule has 1 unspecified atom stereocenters. The van der Waals surface area contributed by atoms with E-state index in [1.54, 1.807) is 0 Å². The molecule has 17 heavy (non-hydrogen) atoms. The highest BCUT2D eigenvalue weighted by Gasteiger charge is 2.15. The van der Waals surface area contributed by atoms with Crippen molar-refractivity contribution in [2.45, 2.75) is 77.9 Å². The average Bonchev–Trinajstić information content (AvgIpc) is 2.24. The van der Waals surface area contributed by atoms with Crippen molar-refractivity contribution in [2.75, 3.05) is 6.26 Å². The molecule has 1 atom stereocenters. The second kappa shape index (κ2) is 10.1. The molecule has 0 nitrogen and oxygen atoms in total. The molecule has 1 heteroatoms. The summed E-state index contributed by atoms with van der Waals surface area (Å²) in [7, 11) is 0. The van der Waals surface area contributed by atoms with Crippen molar-refractivity contribution in [1.82, 2.24) is 0 Å². The molecule has 0 amide bonds. The Labute approximate surface area is 114 Å². The number of allylic oxidation sites excluding steroid dienone is 1. The lowest BCUT2D eigenvalue weighted by Crippen LogP contribution is -2.12. The Kier molecular flexibility index (Phi) is 10.1. The predicted octanol–water partition coefficient (Wildman–Crippen LogP) is 6.07. The molecule has 0 aliphatic carbocycles. The van der Waals surface area contributed by atoms with E-state index in [-0.39, 0.29) is 0 Å². The quantitative estimate of drug-likeness (QED) is 0.356. The Morgan fingerprint density at radius 3 is 2.24 bits per heavy atom. The van der Waals surface area contributed by atoms with Crippen LogP contribution in [0.4, 0.5) is 0 Å². The second-order valence-corrected chi connectivity index (χ2v) is 7.25. The Balaban J connectivity index is 3.65. The van der Waals surface area contributed by atoms with Gasteiger partial charge in [-0.1, -0.05) is 65.5 Å². The molecule has 0 bridgehead atoms. The molecule has 0 aromatic rings. The first kappa shape index (κ1) is 17.1. The van der Waals surface area contributed by atoms with E-state index in [4.69, 9.17) is 0 Å². The summed E-state index contributed by atoms with van der Waals surface area (Å²) >= 11 is 1.98. The summed E-state index contributed by atoms with van der Waals surface area (Å²) in [6.45, 7) is 9.26. The predicted molar refractivity (Wildman–Crippen MR) is 83.9 cm³/mol. The van der Waals surface area contributed by atoms with Gasteiger partial charge in [-0.2, -0.15) is 11.8 Å². The van der Waals surface area contributed by atoms with E-state index in [9.17, 15) is 0 Å². The van der Waals surface area contributed by atoms with Crippen molar-refractivity contribution in [3.8, 4) is 0 Å². The first-order valence-electron chi connectivity index (χ1n) is 7.19. The maximum atomic E-state index is 2.43. The smallest absolute Gasteiger partial charge is 0.0229 e. The maximum absolute atomic E-state index is 2.43. The van der Waals surface area contributed by atoms with Crippen LogP contribution in [0.5, 0.6) is 0 Å². The zero-order valence-electron chi connectivity index (χ0n) is 12.6. The molecule has 0 aliphatic heterocycles. The number of rotatable bonds is 9. The maximum Gasteiger partial charge on any atom is 0.0229 e. The zero-order chi connectivity index (χ0) is 13.1. The summed E-state index contributed by atoms with van der Waals surface area (Å²) in [5.74, 6) is 0. The van der Waals surface area contributed by atoms with E-state index in [0.717, 1.165) is 0 Å². The van der Waals surface area contributed by atoms with E-state index in [0.29, 0.717) is 10.7 Å². The molecular formula is C16H32S. The summed E-state index contributed by atoms with van der Waals surface area (Å²) in [6, 6.07) is 0. The fourth-order valence-corrected chi connectivity index (χ4v) is 2.88. The van der Waals surface area contributed by atoms with Crippen LogP contribution in [-0.2, 0) is 0 Å². The molecule has 0 spiro atoms. The van der Waals surface area contributed by atoms with Crippen LogP contribution in [0.25, 0.3) is 0 Å². The molecule has 0 N–H and O–H groups in total. The normalized spacial score (nSPS) is 14.4. The van der Waals surface area contributed by atoms with Crippen molar-refractivity contribution in [1.29, 1.82) is 0 Å². The summed E-state index contributed by atoms with van der Waals surface area (Å²) in [4.78, 5) is 0. The van der Waals surface area contributed by atoms with Crippen molar-refractivity contribution < 1.29 is 0 Å². The van der Waals surface area contributed by atoms with Crippen LogP contribution < -0.4 is 0 Å². The fourth-order valence-electron chi connectivity index (χ4n) is 1.95. The van der Waals surface area contributed by atoms with Crippen LogP contribution in [0.1, 0.15) is 72.6 Å². The van der Waals surface area contributed by atoms with E-state index in [2.05, 4.69) is 46.1 Å². The molecule has 0 aromatic carbocycles. The Morgan fingerprint density at radius 1 is 1.06 bits per heavy atom. The number of thioether (sulfide) groups is 1. The molecule has 0 aromatic heterocycles. The van der Waals surface area contributed by atoms with Gasteiger partial charge in [0.1, 0.15) is 0 Å². The van der Waals surface area contributed by atoms with Gasteiger partial charge in [-0.3, -0.25) is 0 Å². The largest absolute Gasteiger partial charge is 0.158 e. The average molecular weight is 256 g/mol. The highest BCUT2D eigenvalue weighted by Crippen LogP contribution is 2.27. The van der Waals surface area contributed by atoms with Crippen LogP contribution in [0.3, 0.4) is 0 Å². The molecule has 0 heterocycles. The van der Waals surface area contributed by atoms with E-state index in [1.807, 2.05) is 11.8 Å². The van der Waals surface area contributed by atoms with Crippen LogP contribution in [0.15, 0.2) is 12.2 Å². The van der Waals surface area contributed by atoms with Crippen molar-refractivity contribution in [2.24, 2.45) is 5.41 Å². The molecule has 102 valence electrons. The van der Waals surface area contributed by atoms with Gasteiger partial charge >= 0.3 is 0 Å². The van der Waals surface area contributed by atoms with Crippen LogP contribution in [-0.4, -0.2) is 11.5 Å². The van der Waals surface area contributed by atoms with Gasteiger partial charge < -0.3 is 0 Å². The van der Waals surface area contributed by atoms with Crippen LogP contribution in [0.2, 0.25) is 0 Å². The SMILES string of the molecule is CCCCCCC/C=C/C(CC(C)(C)C)SC. The summed E-state index contributed by atoms with van der Waals surface area (Å²) in [5, 5.41) is 0.700. The minimum Gasteiger partial charge on any atom is -0.158 e. The van der Waals surface area contributed by atoms with Gasteiger partial charge in [0, 0.05) is 5.25 Å². The fraction of sp³-hybridized carbons (Fsp3) is 0.875. The van der Waals surface area contributed by atoms with Crippen molar-refractivity contribution in [3.63, 3.8) is 0 Å². The van der Waals surface area contributed by atoms with Gasteiger partial charge in [0.2, 0.25) is 0 Å². The summed E-state index contributed by atoms with van der Waals surface area (Å²) in [5.41, 5.74) is 0.444. The molecular weight excluding hydrogens is 224 g/mol. The standard InChI is InChI=1S/C16H32S/c1-6-7-8-9-10-11-12-13-15(17-5)14-16(2,3)4/h12-13,15H,6-11,14H2,1-5H3/b13-12+. The van der Waals surface area contributed by atoms with Gasteiger partial charge in [0.05, 0.1) is 0 Å². The molecule has 0 rings (SSSR count). The Morgan fingerprint density at radius 2 is 1.71 bits per heavy atom. The second-order valence-electron chi connectivity index (χ2n) is 6.17. The third kappa shape index (κ3) is 12.3. The molecule has 0 radical (unpaired) electrons. The van der Waals surface area contributed by atoms with Crippen LogP contribution >= 0.6 is 11.8 Å². The lowest BCUT2D eigenvalue weighted by molar-refractivity contribution is 0.386. The summed E-state index contributed by atoms with van der Waals surface area (Å²) in [6.07, 6.45) is 16.5. The topological polar surface area (TPSA) is 0 Å². The van der Waals surface area contributed by atoms with Gasteiger partial charge in [0.25, 0.3) is 0 Å². The van der Waals surface area contributed by atoms with Gasteiger partial charge in [-0.15, -0.1) is 0 Å². The minimum absolute atomic E-state index is 0.444. The van der Waals surface area contributed by atoms with Gasteiger partial charge in [0.15, 0.2) is 0 Å². The first-order chi connectivity index (χ1) is 7.99. The first-order valence-corrected chi connectivity index (χ1v) is 8.48. The van der Waals surface area contributed by atoms with E-state index >= 15 is 0 Å². The zero-order valence-corrected chi connectivity index (χ0v) is 13.4. The lowest BCUT2D eigenvalue weighted by Gasteiger charge is -2.22. The molecule has 0 saturated heterocycles. The van der Waals surface area contributed by atoms with Gasteiger partial charge in [-0.05, 0) is 30.9 Å². The Bertz CT molecular complexity index is 188. The van der Waals surface area contributed by atoms with Crippen LogP contribution in [0, 0.1) is 5.41 Å². The molecule has 0 aliphatic rings. The number of unbranched alkanes of at least 4 members (excludes halogenated alkanes) is 5. The van der Waals surface area contributed by atoms with Crippen molar-refractivity contribution in [3.05, 3.63) is 12.2 Å². The molecule has 0 saturated carbocycles. The van der Waals surface area contributed by atoms with E-state index in [1.165, 1.54) is 44.9 Å². The highest BCUT2D eigenvalue weighted by atomic mass is 32.2. The lowest BCUT2D eigenvalue weighted by atomic mass is 9.90. The van der Waals surface area contributed by atoms with E-state index < -0.39 is 0 Å². The highest BCUT2D eigenvalue weighted by molar-refractivity contribution is 7.99. The third-order valence-electron chi connectivity index (χ3n) is 2.94. The van der Waals surface area contributed by atoms with Gasteiger partial charge in [-0.25, -0.2) is 0 Å². The minimum atomic E-state index is 0.444. The van der Waals surface area contributed by atoms with Crippen molar-refractivity contribution >= 4 is 11.8 Å². The number of hydrogen-bond donors (Lipinski definition) is 0. The number of hydrogen-bond acceptors (Lipinski definition) is 1. The monoisotopic (exact) mass is 256 g/mol. The Hall–Kier alpha value is 0.0900.